The molecule has 1 aliphatic rings. The second kappa shape index (κ2) is 7.65. The summed E-state index contributed by atoms with van der Waals surface area (Å²) in [5, 5.41) is 7.30. The van der Waals surface area contributed by atoms with Gasteiger partial charge in [0.1, 0.15) is 11.4 Å². The van der Waals surface area contributed by atoms with Gasteiger partial charge in [-0.1, -0.05) is 0 Å². The molecule has 0 atom stereocenters. The summed E-state index contributed by atoms with van der Waals surface area (Å²) in [6, 6.07) is 5.62. The van der Waals surface area contributed by atoms with Crippen molar-refractivity contribution in [1.82, 2.24) is 19.7 Å². The number of carbonyl (C=O) groups excluding carboxylic acids is 1. The first kappa shape index (κ1) is 17.4. The number of anilines is 1. The summed E-state index contributed by atoms with van der Waals surface area (Å²) >= 11 is 0. The fourth-order valence-corrected chi connectivity index (χ4v) is 2.90. The average molecular weight is 343 g/mol. The molecule has 2 aromatic rings. The number of ether oxygens (including phenoxy) is 1. The molecule has 25 heavy (non-hydrogen) atoms. The van der Waals surface area contributed by atoms with Crippen LogP contribution in [0.25, 0.3) is 0 Å². The zero-order valence-corrected chi connectivity index (χ0v) is 15.0. The Morgan fingerprint density at radius 3 is 2.68 bits per heavy atom. The molecule has 0 aliphatic carbocycles. The number of rotatable bonds is 5. The van der Waals surface area contributed by atoms with Crippen LogP contribution in [-0.2, 0) is 0 Å². The van der Waals surface area contributed by atoms with Crippen molar-refractivity contribution < 1.29 is 9.53 Å². The molecule has 0 bridgehead atoms. The van der Waals surface area contributed by atoms with Crippen molar-refractivity contribution in [2.24, 2.45) is 0 Å². The number of pyridine rings is 1. The molecule has 0 saturated carbocycles. The molecule has 7 heteroatoms. The maximum absolute atomic E-state index is 12.3. The summed E-state index contributed by atoms with van der Waals surface area (Å²) < 4.78 is 7.49. The van der Waals surface area contributed by atoms with E-state index >= 15 is 0 Å². The minimum atomic E-state index is -0.273. The average Bonchev–Trinajstić information content (AvgIpc) is 3.04. The SMILES string of the molecule is CC(C)Oc1ccc(C(=O)Nc2ccn(C3CCN(C)CC3)n2)nc1. The van der Waals surface area contributed by atoms with Gasteiger partial charge in [0.15, 0.2) is 5.82 Å². The number of hydrogen-bond acceptors (Lipinski definition) is 5. The van der Waals surface area contributed by atoms with Crippen molar-refractivity contribution in [3.8, 4) is 5.75 Å². The van der Waals surface area contributed by atoms with E-state index in [1.54, 1.807) is 18.3 Å². The van der Waals surface area contributed by atoms with Crippen LogP contribution in [0.3, 0.4) is 0 Å². The van der Waals surface area contributed by atoms with E-state index in [-0.39, 0.29) is 12.0 Å². The van der Waals surface area contributed by atoms with Gasteiger partial charge in [-0.25, -0.2) is 4.98 Å². The quantitative estimate of drug-likeness (QED) is 0.903. The molecule has 2 aromatic heterocycles. The van der Waals surface area contributed by atoms with Crippen LogP contribution in [0.4, 0.5) is 5.82 Å². The first-order chi connectivity index (χ1) is 12.0. The Labute approximate surface area is 148 Å². The molecule has 1 saturated heterocycles. The highest BCUT2D eigenvalue weighted by Gasteiger charge is 2.19. The van der Waals surface area contributed by atoms with Crippen LogP contribution >= 0.6 is 0 Å². The van der Waals surface area contributed by atoms with Gasteiger partial charge in [0, 0.05) is 12.3 Å². The highest BCUT2D eigenvalue weighted by atomic mass is 16.5. The van der Waals surface area contributed by atoms with Gasteiger partial charge in [0.25, 0.3) is 5.91 Å². The zero-order valence-electron chi connectivity index (χ0n) is 15.0. The summed E-state index contributed by atoms with van der Waals surface area (Å²) in [4.78, 5) is 18.8. The van der Waals surface area contributed by atoms with Gasteiger partial charge in [-0.2, -0.15) is 5.10 Å². The van der Waals surface area contributed by atoms with E-state index in [1.165, 1.54) is 0 Å². The number of carbonyl (C=O) groups is 1. The first-order valence-electron chi connectivity index (χ1n) is 8.69. The topological polar surface area (TPSA) is 72.3 Å². The number of amides is 1. The van der Waals surface area contributed by atoms with Crippen molar-refractivity contribution >= 4 is 11.7 Å². The van der Waals surface area contributed by atoms with E-state index in [2.05, 4.69) is 27.3 Å². The Hall–Kier alpha value is -2.41. The monoisotopic (exact) mass is 343 g/mol. The summed E-state index contributed by atoms with van der Waals surface area (Å²) in [6.45, 7) is 6.03. The molecule has 134 valence electrons. The van der Waals surface area contributed by atoms with Gasteiger partial charge in [0.05, 0.1) is 18.3 Å². The maximum atomic E-state index is 12.3. The fraction of sp³-hybridized carbons (Fsp3) is 0.500. The Bertz CT molecular complexity index is 703. The van der Waals surface area contributed by atoms with Crippen molar-refractivity contribution in [3.63, 3.8) is 0 Å². The maximum Gasteiger partial charge on any atom is 0.275 e. The second-order valence-electron chi connectivity index (χ2n) is 6.72. The molecule has 0 aromatic carbocycles. The van der Waals surface area contributed by atoms with Crippen molar-refractivity contribution in [2.45, 2.75) is 38.8 Å². The van der Waals surface area contributed by atoms with Crippen LogP contribution in [0.15, 0.2) is 30.6 Å². The van der Waals surface area contributed by atoms with Crippen LogP contribution in [0.2, 0.25) is 0 Å². The molecule has 1 fully saturated rings. The number of aromatic nitrogens is 3. The third kappa shape index (κ3) is 4.57. The smallest absolute Gasteiger partial charge is 0.275 e. The Balaban J connectivity index is 1.59. The van der Waals surface area contributed by atoms with Crippen LogP contribution in [-0.4, -0.2) is 51.8 Å². The van der Waals surface area contributed by atoms with Crippen LogP contribution in [0.5, 0.6) is 5.75 Å². The van der Waals surface area contributed by atoms with E-state index in [0.29, 0.717) is 23.3 Å². The van der Waals surface area contributed by atoms with E-state index < -0.39 is 0 Å². The van der Waals surface area contributed by atoms with E-state index in [1.807, 2.05) is 30.8 Å². The Morgan fingerprint density at radius 2 is 2.04 bits per heavy atom. The lowest BCUT2D eigenvalue weighted by Gasteiger charge is -2.28. The summed E-state index contributed by atoms with van der Waals surface area (Å²) in [5.74, 6) is 0.927. The van der Waals surface area contributed by atoms with E-state index in [9.17, 15) is 4.79 Å². The molecule has 0 unspecified atom stereocenters. The molecule has 1 amide bonds. The van der Waals surface area contributed by atoms with Crippen LogP contribution in [0, 0.1) is 0 Å². The number of likely N-dealkylation sites (tertiary alicyclic amines) is 1. The molecule has 0 radical (unpaired) electrons. The number of hydrogen-bond donors (Lipinski definition) is 1. The van der Waals surface area contributed by atoms with Gasteiger partial charge in [-0.15, -0.1) is 0 Å². The zero-order chi connectivity index (χ0) is 17.8. The fourth-order valence-electron chi connectivity index (χ4n) is 2.90. The van der Waals surface area contributed by atoms with Gasteiger partial charge >= 0.3 is 0 Å². The lowest BCUT2D eigenvalue weighted by atomic mass is 10.1. The highest BCUT2D eigenvalue weighted by Crippen LogP contribution is 2.22. The molecule has 0 spiro atoms. The van der Waals surface area contributed by atoms with E-state index in [0.717, 1.165) is 25.9 Å². The minimum absolute atomic E-state index is 0.0741. The molecule has 3 heterocycles. The summed E-state index contributed by atoms with van der Waals surface area (Å²) in [6.07, 6.45) is 5.71. The number of nitrogens with one attached hydrogen (secondary N) is 1. The highest BCUT2D eigenvalue weighted by molar-refractivity contribution is 6.02. The Morgan fingerprint density at radius 1 is 1.28 bits per heavy atom. The first-order valence-corrected chi connectivity index (χ1v) is 8.69. The van der Waals surface area contributed by atoms with Crippen LogP contribution in [0.1, 0.15) is 43.2 Å². The summed E-state index contributed by atoms with van der Waals surface area (Å²) in [7, 11) is 2.13. The van der Waals surface area contributed by atoms with Gasteiger partial charge in [-0.05, 0) is 59.0 Å². The molecule has 1 N–H and O–H groups in total. The van der Waals surface area contributed by atoms with Crippen molar-refractivity contribution in [3.05, 3.63) is 36.3 Å². The predicted molar refractivity (Wildman–Crippen MR) is 95.9 cm³/mol. The largest absolute Gasteiger partial charge is 0.489 e. The predicted octanol–water partition coefficient (Wildman–Crippen LogP) is 2.58. The lowest BCUT2D eigenvalue weighted by Crippen LogP contribution is -2.31. The molecular formula is C18H25N5O2. The molecule has 3 rings (SSSR count). The molecule has 1 aliphatic heterocycles. The standard InChI is InChI=1S/C18H25N5O2/c1-13(2)25-15-4-5-16(19-12-15)18(24)20-17-8-11-23(21-17)14-6-9-22(3)10-7-14/h4-5,8,11-14H,6-7,9-10H2,1-3H3,(H,20,21,24). The number of piperidine rings is 1. The normalized spacial score (nSPS) is 16.2. The lowest BCUT2D eigenvalue weighted by molar-refractivity contribution is 0.102. The van der Waals surface area contributed by atoms with Gasteiger partial charge in [0.2, 0.25) is 0 Å². The molecule has 7 nitrogen and oxygen atoms in total. The molecular weight excluding hydrogens is 318 g/mol. The Kier molecular flexibility index (Phi) is 5.33. The second-order valence-corrected chi connectivity index (χ2v) is 6.72. The minimum Gasteiger partial charge on any atom is -0.489 e. The van der Waals surface area contributed by atoms with Gasteiger partial charge in [-0.3, -0.25) is 9.48 Å². The summed E-state index contributed by atoms with van der Waals surface area (Å²) in [5.41, 5.74) is 0.338. The van der Waals surface area contributed by atoms with E-state index in [4.69, 9.17) is 4.74 Å². The van der Waals surface area contributed by atoms with Crippen molar-refractivity contribution in [2.75, 3.05) is 25.5 Å². The number of nitrogens with zero attached hydrogens (tertiary/aromatic N) is 4. The van der Waals surface area contributed by atoms with Crippen LogP contribution < -0.4 is 10.1 Å². The van der Waals surface area contributed by atoms with Gasteiger partial charge < -0.3 is 15.0 Å². The third-order valence-corrected chi connectivity index (χ3v) is 4.25. The third-order valence-electron chi connectivity index (χ3n) is 4.25. The van der Waals surface area contributed by atoms with Crippen molar-refractivity contribution in [1.29, 1.82) is 0 Å².